The van der Waals surface area contributed by atoms with E-state index in [9.17, 15) is 23.7 Å². The second-order valence-electron chi connectivity index (χ2n) is 5.79. The fraction of sp³-hybridized carbons (Fsp3) is 0.0500. The van der Waals surface area contributed by atoms with E-state index in [1.807, 2.05) is 0 Å². The van der Waals surface area contributed by atoms with Gasteiger partial charge in [0.25, 0.3) is 11.6 Å². The summed E-state index contributed by atoms with van der Waals surface area (Å²) in [6.07, 6.45) is 0. The van der Waals surface area contributed by atoms with Gasteiger partial charge < -0.3 is 10.1 Å². The molecule has 6 nitrogen and oxygen atoms in total. The van der Waals surface area contributed by atoms with Crippen molar-refractivity contribution < 1.29 is 23.2 Å². The first-order valence-electron chi connectivity index (χ1n) is 8.15. The Hall–Kier alpha value is -3.81. The number of rotatable bonds is 6. The molecule has 1 amide bonds. The molecule has 0 fully saturated rings. The van der Waals surface area contributed by atoms with Gasteiger partial charge in [-0.1, -0.05) is 24.3 Å². The van der Waals surface area contributed by atoms with Gasteiger partial charge >= 0.3 is 0 Å². The average molecular weight is 384 g/mol. The van der Waals surface area contributed by atoms with Gasteiger partial charge in [-0.3, -0.25) is 14.9 Å². The maximum absolute atomic E-state index is 13.9. The van der Waals surface area contributed by atoms with E-state index in [1.54, 1.807) is 30.3 Å². The van der Waals surface area contributed by atoms with Crippen LogP contribution in [0.15, 0.2) is 66.7 Å². The van der Waals surface area contributed by atoms with E-state index in [4.69, 9.17) is 4.74 Å². The molecule has 3 rings (SSSR count). The molecule has 0 aliphatic carbocycles. The minimum Gasteiger partial charge on any atom is -0.488 e. The second-order valence-corrected chi connectivity index (χ2v) is 5.79. The van der Waals surface area contributed by atoms with Crippen LogP contribution in [0.3, 0.4) is 0 Å². The third-order valence-corrected chi connectivity index (χ3v) is 3.85. The highest BCUT2D eigenvalue weighted by Gasteiger charge is 2.17. The summed E-state index contributed by atoms with van der Waals surface area (Å²) in [6, 6.07) is 14.8. The summed E-state index contributed by atoms with van der Waals surface area (Å²) < 4.78 is 32.5. The van der Waals surface area contributed by atoms with Gasteiger partial charge in [0.1, 0.15) is 24.0 Å². The molecule has 3 aromatic rings. The molecular weight excluding hydrogens is 370 g/mol. The molecular formula is C20H14F2N2O4. The van der Waals surface area contributed by atoms with Crippen LogP contribution in [0, 0.1) is 21.7 Å². The van der Waals surface area contributed by atoms with Crippen LogP contribution in [0.5, 0.6) is 5.75 Å². The Morgan fingerprint density at radius 1 is 1.04 bits per heavy atom. The molecule has 0 atom stereocenters. The van der Waals surface area contributed by atoms with E-state index in [0.29, 0.717) is 5.56 Å². The molecule has 28 heavy (non-hydrogen) atoms. The van der Waals surface area contributed by atoms with E-state index in [-0.39, 0.29) is 35.1 Å². The first kappa shape index (κ1) is 19.0. The highest BCUT2D eigenvalue weighted by molar-refractivity contribution is 6.06. The van der Waals surface area contributed by atoms with Gasteiger partial charge in [-0.2, -0.15) is 0 Å². The maximum atomic E-state index is 13.9. The number of nitrogens with zero attached hydrogens (tertiary/aromatic N) is 1. The summed E-state index contributed by atoms with van der Waals surface area (Å²) in [5.74, 6) is -1.63. The van der Waals surface area contributed by atoms with Crippen molar-refractivity contribution in [1.29, 1.82) is 0 Å². The Morgan fingerprint density at radius 2 is 1.75 bits per heavy atom. The van der Waals surface area contributed by atoms with E-state index >= 15 is 0 Å². The zero-order chi connectivity index (χ0) is 20.1. The van der Waals surface area contributed by atoms with Crippen LogP contribution in [0.4, 0.5) is 20.2 Å². The molecule has 142 valence electrons. The number of amides is 1. The lowest BCUT2D eigenvalue weighted by atomic mass is 10.1. The summed E-state index contributed by atoms with van der Waals surface area (Å²) in [6.45, 7) is 0.0930. The Balaban J connectivity index is 1.78. The highest BCUT2D eigenvalue weighted by Crippen LogP contribution is 2.24. The monoisotopic (exact) mass is 384 g/mol. The molecule has 3 aromatic carbocycles. The summed E-state index contributed by atoms with van der Waals surface area (Å²) in [7, 11) is 0. The number of halogens is 2. The second kappa shape index (κ2) is 8.26. The van der Waals surface area contributed by atoms with Gasteiger partial charge in [0.05, 0.1) is 16.2 Å². The molecule has 0 spiro atoms. The lowest BCUT2D eigenvalue weighted by molar-refractivity contribution is -0.384. The molecule has 0 heterocycles. The number of anilines is 1. The van der Waals surface area contributed by atoms with E-state index < -0.39 is 16.6 Å². The number of hydrogen-bond donors (Lipinski definition) is 1. The van der Waals surface area contributed by atoms with Gasteiger partial charge in [-0.25, -0.2) is 8.78 Å². The van der Waals surface area contributed by atoms with Crippen molar-refractivity contribution in [3.63, 3.8) is 0 Å². The fourth-order valence-corrected chi connectivity index (χ4v) is 2.43. The zero-order valence-corrected chi connectivity index (χ0v) is 14.4. The largest absolute Gasteiger partial charge is 0.488 e. The SMILES string of the molecule is O=C(Nc1cc([N+](=O)[O-])ccc1F)c1ccccc1OCc1ccc(F)cc1. The van der Waals surface area contributed by atoms with Gasteiger partial charge in [0.15, 0.2) is 0 Å². The van der Waals surface area contributed by atoms with E-state index in [2.05, 4.69) is 5.32 Å². The summed E-state index contributed by atoms with van der Waals surface area (Å²) in [4.78, 5) is 22.7. The number of non-ortho nitro benzene ring substituents is 1. The fourth-order valence-electron chi connectivity index (χ4n) is 2.43. The van der Waals surface area contributed by atoms with Crippen molar-refractivity contribution in [2.45, 2.75) is 6.61 Å². The van der Waals surface area contributed by atoms with Gasteiger partial charge in [-0.15, -0.1) is 0 Å². The molecule has 0 bridgehead atoms. The van der Waals surface area contributed by atoms with Gasteiger partial charge in [0.2, 0.25) is 0 Å². The molecule has 8 heteroatoms. The molecule has 1 N–H and O–H groups in total. The summed E-state index contributed by atoms with van der Waals surface area (Å²) in [5, 5.41) is 13.2. The number of hydrogen-bond acceptors (Lipinski definition) is 4. The Labute approximate surface area is 158 Å². The standard InChI is InChI=1S/C20H14F2N2O4/c21-14-7-5-13(6-8-14)12-28-19-4-2-1-3-16(19)20(25)23-18-11-15(24(26)27)9-10-17(18)22/h1-11H,12H2,(H,23,25). The minimum absolute atomic E-state index is 0.0930. The number of carbonyl (C=O) groups excluding carboxylic acids is 1. The average Bonchev–Trinajstić information content (AvgIpc) is 2.69. The third kappa shape index (κ3) is 4.47. The molecule has 0 saturated carbocycles. The highest BCUT2D eigenvalue weighted by atomic mass is 19.1. The minimum atomic E-state index is -0.802. The Kier molecular flexibility index (Phi) is 5.59. The predicted molar refractivity (Wildman–Crippen MR) is 98.2 cm³/mol. The molecule has 0 aromatic heterocycles. The van der Waals surface area contributed by atoms with Crippen LogP contribution in [-0.2, 0) is 6.61 Å². The molecule has 0 saturated heterocycles. The van der Waals surface area contributed by atoms with Gasteiger partial charge in [0, 0.05) is 12.1 Å². The smallest absolute Gasteiger partial charge is 0.271 e. The molecule has 0 aliphatic rings. The van der Waals surface area contributed by atoms with Crippen LogP contribution < -0.4 is 10.1 Å². The first-order chi connectivity index (χ1) is 13.4. The third-order valence-electron chi connectivity index (χ3n) is 3.85. The summed E-state index contributed by atoms with van der Waals surface area (Å²) in [5.41, 5.74) is 0.155. The number of nitrogens with one attached hydrogen (secondary N) is 1. The number of carbonyl (C=O) groups is 1. The van der Waals surface area contributed by atoms with Crippen molar-refractivity contribution in [3.8, 4) is 5.75 Å². The topological polar surface area (TPSA) is 81.5 Å². The van der Waals surface area contributed by atoms with Crippen molar-refractivity contribution in [3.05, 3.63) is 99.6 Å². The number of nitro benzene ring substituents is 1. The zero-order valence-electron chi connectivity index (χ0n) is 14.4. The lowest BCUT2D eigenvalue weighted by Gasteiger charge is -2.12. The number of nitro groups is 1. The van der Waals surface area contributed by atoms with E-state index in [1.165, 1.54) is 18.2 Å². The van der Waals surface area contributed by atoms with Crippen LogP contribution in [0.25, 0.3) is 0 Å². The van der Waals surface area contributed by atoms with Crippen molar-refractivity contribution in [1.82, 2.24) is 0 Å². The number of benzene rings is 3. The molecule has 0 aliphatic heterocycles. The van der Waals surface area contributed by atoms with Crippen molar-refractivity contribution in [2.24, 2.45) is 0 Å². The van der Waals surface area contributed by atoms with Crippen LogP contribution in [0.2, 0.25) is 0 Å². The first-order valence-corrected chi connectivity index (χ1v) is 8.15. The van der Waals surface area contributed by atoms with Crippen molar-refractivity contribution >= 4 is 17.3 Å². The number of para-hydroxylation sites is 1. The normalized spacial score (nSPS) is 10.4. The number of ether oxygens (including phenoxy) is 1. The summed E-state index contributed by atoms with van der Waals surface area (Å²) >= 11 is 0. The predicted octanol–water partition coefficient (Wildman–Crippen LogP) is 4.70. The molecule has 0 unspecified atom stereocenters. The molecule has 0 radical (unpaired) electrons. The van der Waals surface area contributed by atoms with Crippen LogP contribution in [0.1, 0.15) is 15.9 Å². The van der Waals surface area contributed by atoms with Gasteiger partial charge in [-0.05, 0) is 35.9 Å². The van der Waals surface area contributed by atoms with Crippen molar-refractivity contribution in [2.75, 3.05) is 5.32 Å². The Morgan fingerprint density at radius 3 is 2.46 bits per heavy atom. The maximum Gasteiger partial charge on any atom is 0.271 e. The van der Waals surface area contributed by atoms with Crippen LogP contribution >= 0.6 is 0 Å². The van der Waals surface area contributed by atoms with E-state index in [0.717, 1.165) is 18.2 Å². The quantitative estimate of drug-likeness (QED) is 0.493. The Bertz CT molecular complexity index is 1020. The van der Waals surface area contributed by atoms with Crippen LogP contribution in [-0.4, -0.2) is 10.8 Å². The lowest BCUT2D eigenvalue weighted by Crippen LogP contribution is -2.14.